The summed E-state index contributed by atoms with van der Waals surface area (Å²) in [4.78, 5) is 18.5. The highest BCUT2D eigenvalue weighted by Crippen LogP contribution is 2.33. The molecule has 126 valence electrons. The summed E-state index contributed by atoms with van der Waals surface area (Å²) in [5.74, 6) is 2.42. The van der Waals surface area contributed by atoms with Gasteiger partial charge in [0, 0.05) is 12.6 Å². The molecule has 1 fully saturated rings. The van der Waals surface area contributed by atoms with Crippen molar-refractivity contribution in [3.05, 3.63) is 0 Å². The van der Waals surface area contributed by atoms with Crippen molar-refractivity contribution in [2.45, 2.75) is 65.5 Å². The van der Waals surface area contributed by atoms with Gasteiger partial charge in [-0.15, -0.1) is 0 Å². The predicted octanol–water partition coefficient (Wildman–Crippen LogP) is 3.05. The van der Waals surface area contributed by atoms with Crippen molar-refractivity contribution in [2.24, 2.45) is 16.8 Å². The van der Waals surface area contributed by atoms with Crippen LogP contribution in [-0.4, -0.2) is 48.1 Å². The van der Waals surface area contributed by atoms with E-state index in [2.05, 4.69) is 24.2 Å². The maximum absolute atomic E-state index is 12.2. The van der Waals surface area contributed by atoms with Gasteiger partial charge in [-0.05, 0) is 45.4 Å². The van der Waals surface area contributed by atoms with Gasteiger partial charge in [0.05, 0.1) is 13.1 Å². The minimum atomic E-state index is -0.451. The second-order valence-electron chi connectivity index (χ2n) is 7.59. The lowest BCUT2D eigenvalue weighted by molar-refractivity contribution is 0.0276. The third-order valence-electron chi connectivity index (χ3n) is 4.77. The average Bonchev–Trinajstić information content (AvgIpc) is 2.78. The molecule has 0 aromatic heterocycles. The zero-order valence-electron chi connectivity index (χ0n) is 14.7. The Morgan fingerprint density at radius 1 is 1.41 bits per heavy atom. The molecule has 0 bridgehead atoms. The molecule has 0 saturated heterocycles. The second kappa shape index (κ2) is 6.88. The number of aliphatic imine (C=N–C) groups is 1. The number of carbonyl (C=O) groups is 1. The zero-order valence-corrected chi connectivity index (χ0v) is 14.7. The van der Waals surface area contributed by atoms with Crippen molar-refractivity contribution in [3.63, 3.8) is 0 Å². The normalized spacial score (nSPS) is 29.2. The molecule has 0 aromatic carbocycles. The third-order valence-corrected chi connectivity index (χ3v) is 4.77. The van der Waals surface area contributed by atoms with Crippen molar-refractivity contribution in [3.8, 4) is 0 Å². The van der Waals surface area contributed by atoms with Crippen LogP contribution in [0, 0.1) is 11.8 Å². The standard InChI is InChI=1S/C17H31N3O2/c1-6-13-7-8-14(12(13)2)19-15-11-20(10-9-18-15)16(21)22-17(3,4)5/h12-14H,6-11H2,1-5H3,(H,18,19). The molecular weight excluding hydrogens is 278 g/mol. The van der Waals surface area contributed by atoms with Crippen molar-refractivity contribution < 1.29 is 9.53 Å². The van der Waals surface area contributed by atoms with E-state index in [4.69, 9.17) is 4.74 Å². The molecule has 1 heterocycles. The molecule has 22 heavy (non-hydrogen) atoms. The molecule has 2 rings (SSSR count). The van der Waals surface area contributed by atoms with Crippen molar-refractivity contribution in [2.75, 3.05) is 19.6 Å². The van der Waals surface area contributed by atoms with E-state index in [0.29, 0.717) is 31.6 Å². The van der Waals surface area contributed by atoms with E-state index in [1.54, 1.807) is 4.90 Å². The number of hydrogen-bond acceptors (Lipinski definition) is 4. The Bertz CT molecular complexity index is 428. The van der Waals surface area contributed by atoms with E-state index in [-0.39, 0.29) is 6.09 Å². The molecule has 1 saturated carbocycles. The number of ether oxygens (including phenoxy) is 1. The van der Waals surface area contributed by atoms with Crippen LogP contribution in [-0.2, 0) is 4.74 Å². The van der Waals surface area contributed by atoms with Crippen molar-refractivity contribution in [1.82, 2.24) is 10.2 Å². The highest BCUT2D eigenvalue weighted by atomic mass is 16.6. The second-order valence-corrected chi connectivity index (χ2v) is 7.59. The first-order valence-electron chi connectivity index (χ1n) is 8.58. The van der Waals surface area contributed by atoms with Crippen LogP contribution < -0.4 is 5.32 Å². The van der Waals surface area contributed by atoms with E-state index in [1.165, 1.54) is 19.3 Å². The van der Waals surface area contributed by atoms with Crippen LogP contribution in [0.4, 0.5) is 4.79 Å². The lowest BCUT2D eigenvalue weighted by Gasteiger charge is -2.31. The molecule has 1 aliphatic heterocycles. The molecular formula is C17H31N3O2. The van der Waals surface area contributed by atoms with Crippen LogP contribution >= 0.6 is 0 Å². The molecule has 0 spiro atoms. The van der Waals surface area contributed by atoms with Crippen LogP contribution in [0.1, 0.15) is 53.9 Å². The molecule has 1 amide bonds. The minimum Gasteiger partial charge on any atom is -0.444 e. The molecule has 1 N–H and O–H groups in total. The van der Waals surface area contributed by atoms with E-state index in [9.17, 15) is 4.79 Å². The summed E-state index contributed by atoms with van der Waals surface area (Å²) >= 11 is 0. The Morgan fingerprint density at radius 3 is 2.73 bits per heavy atom. The van der Waals surface area contributed by atoms with Gasteiger partial charge in [0.25, 0.3) is 0 Å². The fraction of sp³-hybridized carbons (Fsp3) is 0.882. The fourth-order valence-electron chi connectivity index (χ4n) is 3.43. The Labute approximate surface area is 134 Å². The monoisotopic (exact) mass is 309 g/mol. The quantitative estimate of drug-likeness (QED) is 0.853. The molecule has 3 atom stereocenters. The molecule has 2 aliphatic rings. The average molecular weight is 309 g/mol. The Morgan fingerprint density at radius 2 is 2.14 bits per heavy atom. The summed E-state index contributed by atoms with van der Waals surface area (Å²) < 4.78 is 5.46. The number of amides is 1. The number of nitrogens with one attached hydrogen (secondary N) is 1. The first-order valence-corrected chi connectivity index (χ1v) is 8.58. The van der Waals surface area contributed by atoms with Crippen LogP contribution in [0.2, 0.25) is 0 Å². The zero-order chi connectivity index (χ0) is 16.3. The van der Waals surface area contributed by atoms with Gasteiger partial charge in [-0.25, -0.2) is 4.79 Å². The maximum Gasteiger partial charge on any atom is 0.410 e. The maximum atomic E-state index is 12.2. The topological polar surface area (TPSA) is 53.9 Å². The summed E-state index contributed by atoms with van der Waals surface area (Å²) in [7, 11) is 0. The van der Waals surface area contributed by atoms with Gasteiger partial charge in [-0.1, -0.05) is 20.3 Å². The summed E-state index contributed by atoms with van der Waals surface area (Å²) in [6.07, 6.45) is 3.49. The number of hydrogen-bond donors (Lipinski definition) is 1. The SMILES string of the molecule is CCC1CCC(NC2=NCCN(C(=O)OC(C)(C)C)C2)C1C. The summed E-state index contributed by atoms with van der Waals surface area (Å²) in [6, 6.07) is 0.488. The summed E-state index contributed by atoms with van der Waals surface area (Å²) in [5.41, 5.74) is -0.451. The molecule has 0 aromatic rings. The van der Waals surface area contributed by atoms with Gasteiger partial charge in [-0.2, -0.15) is 0 Å². The highest BCUT2D eigenvalue weighted by Gasteiger charge is 2.33. The summed E-state index contributed by atoms with van der Waals surface area (Å²) in [5, 5.41) is 3.58. The third kappa shape index (κ3) is 4.37. The number of carbonyl (C=O) groups excluding carboxylic acids is 1. The van der Waals surface area contributed by atoms with Gasteiger partial charge < -0.3 is 10.1 Å². The van der Waals surface area contributed by atoms with Crippen LogP contribution in [0.3, 0.4) is 0 Å². The van der Waals surface area contributed by atoms with Gasteiger partial charge >= 0.3 is 6.09 Å². The van der Waals surface area contributed by atoms with E-state index in [1.807, 2.05) is 20.8 Å². The van der Waals surface area contributed by atoms with Crippen LogP contribution in [0.5, 0.6) is 0 Å². The van der Waals surface area contributed by atoms with E-state index < -0.39 is 5.60 Å². The first kappa shape index (κ1) is 17.1. The highest BCUT2D eigenvalue weighted by molar-refractivity contribution is 5.88. The number of rotatable bonds is 2. The number of nitrogens with zero attached hydrogens (tertiary/aromatic N) is 2. The largest absolute Gasteiger partial charge is 0.444 e. The van der Waals surface area contributed by atoms with Gasteiger partial charge in [0.2, 0.25) is 0 Å². The first-order chi connectivity index (χ1) is 10.3. The molecule has 3 unspecified atom stereocenters. The summed E-state index contributed by atoms with van der Waals surface area (Å²) in [6.45, 7) is 12.1. The molecule has 1 aliphatic carbocycles. The lowest BCUT2D eigenvalue weighted by atomic mass is 9.93. The van der Waals surface area contributed by atoms with Crippen molar-refractivity contribution in [1.29, 1.82) is 0 Å². The number of amidine groups is 1. The van der Waals surface area contributed by atoms with Gasteiger partial charge in [0.1, 0.15) is 11.4 Å². The Hall–Kier alpha value is -1.26. The predicted molar refractivity (Wildman–Crippen MR) is 89.2 cm³/mol. The van der Waals surface area contributed by atoms with Crippen LogP contribution in [0.15, 0.2) is 4.99 Å². The molecule has 0 radical (unpaired) electrons. The van der Waals surface area contributed by atoms with E-state index >= 15 is 0 Å². The van der Waals surface area contributed by atoms with Crippen LogP contribution in [0.25, 0.3) is 0 Å². The Balaban J connectivity index is 1.88. The van der Waals surface area contributed by atoms with Gasteiger partial charge in [-0.3, -0.25) is 9.89 Å². The lowest BCUT2D eigenvalue weighted by Crippen LogP contribution is -2.50. The molecule has 5 nitrogen and oxygen atoms in total. The van der Waals surface area contributed by atoms with Gasteiger partial charge in [0.15, 0.2) is 0 Å². The minimum absolute atomic E-state index is 0.243. The Kier molecular flexibility index (Phi) is 5.35. The molecule has 5 heteroatoms. The smallest absolute Gasteiger partial charge is 0.410 e. The van der Waals surface area contributed by atoms with Crippen molar-refractivity contribution >= 4 is 11.9 Å². The van der Waals surface area contributed by atoms with E-state index in [0.717, 1.165) is 11.8 Å². The fourth-order valence-corrected chi connectivity index (χ4v) is 3.43.